The van der Waals surface area contributed by atoms with E-state index in [0.29, 0.717) is 11.8 Å². The predicted octanol–water partition coefficient (Wildman–Crippen LogP) is 2.52. The van der Waals surface area contributed by atoms with Crippen LogP contribution in [0.5, 0.6) is 0 Å². The highest BCUT2D eigenvalue weighted by Crippen LogP contribution is 2.35. The van der Waals surface area contributed by atoms with Gasteiger partial charge in [-0.25, -0.2) is 9.97 Å². The number of aromatic amines is 1. The van der Waals surface area contributed by atoms with Crippen molar-refractivity contribution in [2.24, 2.45) is 0 Å². The number of piperidine rings is 1. The molecule has 1 aliphatic rings. The van der Waals surface area contributed by atoms with Crippen LogP contribution in [-0.2, 0) is 5.41 Å². The Hall–Kier alpha value is -2.93. The third-order valence-corrected chi connectivity index (χ3v) is 5.52. The van der Waals surface area contributed by atoms with Crippen LogP contribution in [0.2, 0.25) is 0 Å². The highest BCUT2D eigenvalue weighted by Gasteiger charge is 2.35. The lowest BCUT2D eigenvalue weighted by Gasteiger charge is -2.41. The number of hydrogen-bond donors (Lipinski definition) is 3. The summed E-state index contributed by atoms with van der Waals surface area (Å²) < 4.78 is 0. The number of nitrogens with zero attached hydrogens (tertiary/aromatic N) is 4. The fourth-order valence-electron chi connectivity index (χ4n) is 3.75. The molecular weight excluding hydrogens is 338 g/mol. The molecule has 140 valence electrons. The molecule has 0 radical (unpaired) electrons. The molecule has 0 amide bonds. The predicted molar refractivity (Wildman–Crippen MR) is 107 cm³/mol. The zero-order valence-electron chi connectivity index (χ0n) is 15.5. The van der Waals surface area contributed by atoms with Crippen molar-refractivity contribution in [3.63, 3.8) is 0 Å². The van der Waals surface area contributed by atoms with Crippen LogP contribution in [0.4, 0.5) is 11.8 Å². The smallest absolute Gasteiger partial charge is 0.223 e. The van der Waals surface area contributed by atoms with E-state index in [0.717, 1.165) is 43.7 Å². The van der Waals surface area contributed by atoms with Gasteiger partial charge in [-0.2, -0.15) is 5.10 Å². The minimum Gasteiger partial charge on any atom is -0.384 e. The van der Waals surface area contributed by atoms with Gasteiger partial charge in [0.1, 0.15) is 5.82 Å². The van der Waals surface area contributed by atoms with E-state index in [9.17, 15) is 0 Å². The number of rotatable bonds is 5. The fourth-order valence-corrected chi connectivity index (χ4v) is 3.75. The van der Waals surface area contributed by atoms with Gasteiger partial charge in [0.2, 0.25) is 5.95 Å². The lowest BCUT2D eigenvalue weighted by Crippen LogP contribution is -2.45. The van der Waals surface area contributed by atoms with E-state index in [4.69, 9.17) is 5.73 Å². The van der Waals surface area contributed by atoms with Gasteiger partial charge < -0.3 is 16.0 Å². The van der Waals surface area contributed by atoms with E-state index >= 15 is 0 Å². The topological polar surface area (TPSA) is 95.8 Å². The zero-order valence-corrected chi connectivity index (χ0v) is 15.5. The molecule has 3 aromatic rings. The quantitative estimate of drug-likeness (QED) is 0.645. The van der Waals surface area contributed by atoms with Crippen molar-refractivity contribution in [2.45, 2.75) is 18.3 Å². The summed E-state index contributed by atoms with van der Waals surface area (Å²) in [5.41, 5.74) is 8.93. The van der Waals surface area contributed by atoms with Gasteiger partial charge in [0.05, 0.1) is 17.5 Å². The summed E-state index contributed by atoms with van der Waals surface area (Å²) in [5, 5.41) is 10.2. The van der Waals surface area contributed by atoms with E-state index in [1.807, 2.05) is 6.07 Å². The lowest BCUT2D eigenvalue weighted by molar-refractivity contribution is 0.195. The maximum Gasteiger partial charge on any atom is 0.223 e. The molecule has 7 heteroatoms. The summed E-state index contributed by atoms with van der Waals surface area (Å²) in [6, 6.07) is 12.6. The van der Waals surface area contributed by atoms with Gasteiger partial charge in [-0.3, -0.25) is 5.10 Å². The highest BCUT2D eigenvalue weighted by molar-refractivity contribution is 5.70. The third kappa shape index (κ3) is 3.64. The second kappa shape index (κ2) is 7.36. The van der Waals surface area contributed by atoms with Gasteiger partial charge in [-0.15, -0.1) is 0 Å². The number of nitrogen functional groups attached to an aromatic ring is 1. The number of benzene rings is 1. The van der Waals surface area contributed by atoms with Gasteiger partial charge in [0, 0.05) is 18.2 Å². The molecule has 2 aromatic heterocycles. The molecule has 4 N–H and O–H groups in total. The monoisotopic (exact) mass is 363 g/mol. The first-order valence-electron chi connectivity index (χ1n) is 9.26. The SMILES string of the molecule is CN1CCC(CNc2nccc(-c3cn[nH]c3N)n2)(c2ccccc2)CC1. The molecule has 0 bridgehead atoms. The van der Waals surface area contributed by atoms with E-state index in [2.05, 4.69) is 67.8 Å². The Labute approximate surface area is 159 Å². The number of aromatic nitrogens is 4. The molecule has 7 nitrogen and oxygen atoms in total. The van der Waals surface area contributed by atoms with Crippen LogP contribution in [0.25, 0.3) is 11.3 Å². The molecule has 1 fully saturated rings. The van der Waals surface area contributed by atoms with Crippen molar-refractivity contribution >= 4 is 11.8 Å². The van der Waals surface area contributed by atoms with Crippen molar-refractivity contribution in [3.05, 3.63) is 54.4 Å². The number of nitrogens with one attached hydrogen (secondary N) is 2. The summed E-state index contributed by atoms with van der Waals surface area (Å²) >= 11 is 0. The summed E-state index contributed by atoms with van der Waals surface area (Å²) in [6.07, 6.45) is 5.65. The zero-order chi connectivity index (χ0) is 18.7. The Morgan fingerprint density at radius 1 is 1.19 bits per heavy atom. The summed E-state index contributed by atoms with van der Waals surface area (Å²) in [4.78, 5) is 11.4. The van der Waals surface area contributed by atoms with Gasteiger partial charge in [0.15, 0.2) is 0 Å². The summed E-state index contributed by atoms with van der Waals surface area (Å²) in [7, 11) is 2.18. The Kier molecular flexibility index (Phi) is 4.77. The standard InChI is InChI=1S/C20H25N7/c1-27-11-8-20(9-12-27,15-5-3-2-4-6-15)14-23-19-22-10-7-17(25-19)16-13-24-26-18(16)21/h2-7,10,13H,8-9,11-12,14H2,1H3,(H3,21,24,26)(H,22,23,25). The minimum absolute atomic E-state index is 0.0851. The number of anilines is 2. The van der Waals surface area contributed by atoms with Gasteiger partial charge in [-0.1, -0.05) is 30.3 Å². The van der Waals surface area contributed by atoms with Crippen LogP contribution in [0.1, 0.15) is 18.4 Å². The minimum atomic E-state index is 0.0851. The average molecular weight is 363 g/mol. The largest absolute Gasteiger partial charge is 0.384 e. The molecule has 3 heterocycles. The van der Waals surface area contributed by atoms with Gasteiger partial charge in [0.25, 0.3) is 0 Å². The summed E-state index contributed by atoms with van der Waals surface area (Å²) in [5.74, 6) is 1.12. The van der Waals surface area contributed by atoms with E-state index in [1.165, 1.54) is 5.56 Å². The van der Waals surface area contributed by atoms with E-state index < -0.39 is 0 Å². The Morgan fingerprint density at radius 2 is 1.96 bits per heavy atom. The van der Waals surface area contributed by atoms with Crippen molar-refractivity contribution in [2.75, 3.05) is 37.7 Å². The van der Waals surface area contributed by atoms with Crippen LogP contribution in [0.3, 0.4) is 0 Å². The molecule has 0 atom stereocenters. The molecule has 0 saturated carbocycles. The van der Waals surface area contributed by atoms with Crippen LogP contribution in [-0.4, -0.2) is 51.7 Å². The molecule has 1 saturated heterocycles. The van der Waals surface area contributed by atoms with E-state index in [-0.39, 0.29) is 5.41 Å². The number of nitrogens with two attached hydrogens (primary N) is 1. The maximum absolute atomic E-state index is 5.92. The lowest BCUT2D eigenvalue weighted by atomic mass is 9.72. The van der Waals surface area contributed by atoms with E-state index in [1.54, 1.807) is 12.4 Å². The van der Waals surface area contributed by atoms with Crippen molar-refractivity contribution in [1.29, 1.82) is 0 Å². The van der Waals surface area contributed by atoms with Crippen molar-refractivity contribution < 1.29 is 0 Å². The molecule has 0 aliphatic carbocycles. The number of H-pyrrole nitrogens is 1. The van der Waals surface area contributed by atoms with Crippen LogP contribution in [0, 0.1) is 0 Å². The molecule has 4 rings (SSSR count). The van der Waals surface area contributed by atoms with Crippen LogP contribution < -0.4 is 11.1 Å². The second-order valence-corrected chi connectivity index (χ2v) is 7.27. The molecule has 1 aliphatic heterocycles. The first-order chi connectivity index (χ1) is 13.2. The first-order valence-corrected chi connectivity index (χ1v) is 9.26. The molecule has 0 unspecified atom stereocenters. The van der Waals surface area contributed by atoms with Gasteiger partial charge >= 0.3 is 0 Å². The molecule has 27 heavy (non-hydrogen) atoms. The number of likely N-dealkylation sites (tertiary alicyclic amines) is 1. The highest BCUT2D eigenvalue weighted by atomic mass is 15.2. The van der Waals surface area contributed by atoms with Crippen LogP contribution >= 0.6 is 0 Å². The molecular formula is C20H25N7. The molecule has 1 aromatic carbocycles. The first kappa shape index (κ1) is 17.5. The number of hydrogen-bond acceptors (Lipinski definition) is 6. The normalized spacial score (nSPS) is 16.9. The average Bonchev–Trinajstić information content (AvgIpc) is 3.15. The second-order valence-electron chi connectivity index (χ2n) is 7.27. The molecule has 0 spiro atoms. The third-order valence-electron chi connectivity index (χ3n) is 5.52. The Morgan fingerprint density at radius 3 is 2.67 bits per heavy atom. The fraction of sp³-hybridized carbons (Fsp3) is 0.350. The van der Waals surface area contributed by atoms with Gasteiger partial charge in [-0.05, 0) is 44.6 Å². The van der Waals surface area contributed by atoms with Crippen molar-refractivity contribution in [1.82, 2.24) is 25.1 Å². The Balaban J connectivity index is 1.56. The maximum atomic E-state index is 5.92. The Bertz CT molecular complexity index is 882. The van der Waals surface area contributed by atoms with Crippen LogP contribution in [0.15, 0.2) is 48.8 Å². The van der Waals surface area contributed by atoms with Crippen molar-refractivity contribution in [3.8, 4) is 11.3 Å². The summed E-state index contributed by atoms with van der Waals surface area (Å²) in [6.45, 7) is 2.97.